The first-order valence-corrected chi connectivity index (χ1v) is 43.1. The number of imidazole rings is 4. The summed E-state index contributed by atoms with van der Waals surface area (Å²) in [5.74, 6) is 7.39. The van der Waals surface area contributed by atoms with Gasteiger partial charge in [-0.2, -0.15) is 0 Å². The molecule has 24 aromatic rings. The summed E-state index contributed by atoms with van der Waals surface area (Å²) >= 11 is 0. The normalized spacial score (nSPS) is 12.0. The fourth-order valence-electron chi connectivity index (χ4n) is 20.4. The number of phenols is 1. The van der Waals surface area contributed by atoms with Gasteiger partial charge in [0.05, 0.1) is 97.8 Å². The van der Waals surface area contributed by atoms with Gasteiger partial charge in [-0.05, 0) is 163 Å². The third-order valence-corrected chi connectivity index (χ3v) is 25.6. The van der Waals surface area contributed by atoms with Crippen LogP contribution in [0.4, 0.5) is 11.4 Å². The van der Waals surface area contributed by atoms with Gasteiger partial charge < -0.3 is 25.1 Å². The van der Waals surface area contributed by atoms with Crippen LogP contribution in [0.1, 0.15) is 78.8 Å². The van der Waals surface area contributed by atoms with Gasteiger partial charge >= 0.3 is 0 Å². The standard InChI is InChI=1S/C35H24N2.C16H14N2O.C16H14N2.C15H12N2O.C14H11NO3.C14H13NO/c1-2-31-36-29-20-10-19-28-34-27(18-11-21-30(34)37(31)35(28)29)33-25-16-8-6-14-23(25)32(22-12-4-3-5-13-22)24-15-7-9-17-26(24)33;1-3-14-17-11-7-4-6-10-15-12(18(14)16(10)11)8-5-9-13(15)19-2;1-3-14-17-12-8-5-7-11-15-10(2)6-4-9-13(15)18(14)16(11)12;1-2-13-16-10-6-3-5-9-14-11(17(13)15(9)10)7-4-8-12(14)18;1-18-13-7-2-4-9-8-11-10(14(9)13)5-3-6-12(11)15(16)17;1-16-13-7-2-4-9-8-11-10(14(9)13)5-3-6-12(11)15/h3-21H,2H2,1H3;4-9H,3H2,1-2H3;4-9H,3H2,1-2H3;3-8,18H,2H2,1H3;2-7H,8H2,1H3;2-7H,8,15H2,1H3. The summed E-state index contributed by atoms with van der Waals surface area (Å²) in [7, 11) is 5.05. The molecule has 0 unspecified atom stereocenters. The topological polar surface area (TPSA) is 186 Å². The van der Waals surface area contributed by atoms with E-state index in [1.807, 2.05) is 91.0 Å². The molecule has 0 aliphatic heterocycles. The van der Waals surface area contributed by atoms with Gasteiger partial charge in [0.2, 0.25) is 0 Å². The SMILES string of the molecule is CCc1nc2cccc3c4c(-c5c6ccccc6c(-c6ccccc6)c6ccccc56)cccc4n1c23.CCc1nc2cccc3c4c(C)cccc4n1c23.CCc1nc2cccc3c4c(O)cccc4n1c23.CCc1nc2cccc3c4c(OC)cccc4n1c23.COc1cccc2c1-c1cccc(N)c1C2.COc1cccc2c1-c1cccc([N+](=O)[O-])c1C2. The van der Waals surface area contributed by atoms with E-state index in [0.29, 0.717) is 12.2 Å². The van der Waals surface area contributed by atoms with Gasteiger partial charge in [-0.25, -0.2) is 19.9 Å². The number of nitro benzene ring substituents is 1. The number of ether oxygens (including phenoxy) is 3. The first kappa shape index (κ1) is 77.6. The van der Waals surface area contributed by atoms with Crippen molar-refractivity contribution in [2.24, 2.45) is 0 Å². The molecule has 2 aliphatic rings. The Bertz CT molecular complexity index is 8180. The zero-order valence-corrected chi connectivity index (χ0v) is 71.1. The van der Waals surface area contributed by atoms with Crippen LogP contribution in [-0.4, -0.2) is 68.9 Å². The second-order valence-corrected chi connectivity index (χ2v) is 32.2. The van der Waals surface area contributed by atoms with E-state index in [0.717, 1.165) is 144 Å². The smallest absolute Gasteiger partial charge is 0.273 e. The third-order valence-electron chi connectivity index (χ3n) is 25.6. The van der Waals surface area contributed by atoms with Crippen molar-refractivity contribution < 1.29 is 24.2 Å². The summed E-state index contributed by atoms with van der Waals surface area (Å²) < 4.78 is 25.4. The van der Waals surface area contributed by atoms with E-state index in [9.17, 15) is 15.2 Å². The molecule has 26 rings (SSSR count). The molecule has 3 N–H and O–H groups in total. The number of anilines is 1. The van der Waals surface area contributed by atoms with Crippen LogP contribution in [0.5, 0.6) is 23.0 Å². The minimum atomic E-state index is -0.322. The van der Waals surface area contributed by atoms with Gasteiger partial charge in [0.1, 0.15) is 46.3 Å². The Morgan fingerprint density at radius 2 is 0.706 bits per heavy atom. The number of hydrogen-bond donors (Lipinski definition) is 2. The molecular weight excluding hydrogens is 1560 g/mol. The summed E-state index contributed by atoms with van der Waals surface area (Å²) in [6, 6.07) is 102. The molecule has 126 heavy (non-hydrogen) atoms. The van der Waals surface area contributed by atoms with E-state index >= 15 is 0 Å². The Kier molecular flexibility index (Phi) is 19.3. The molecule has 0 saturated heterocycles. The number of methoxy groups -OCH3 is 3. The Balaban J connectivity index is 0.0000000954. The number of nitrogen functional groups attached to an aromatic ring is 1. The van der Waals surface area contributed by atoms with Crippen LogP contribution < -0.4 is 19.9 Å². The van der Waals surface area contributed by atoms with E-state index < -0.39 is 0 Å². The number of aromatic hydroxyl groups is 1. The predicted octanol–water partition coefficient (Wildman–Crippen LogP) is 26.2. The average molecular weight is 1650 g/mol. The van der Waals surface area contributed by atoms with Crippen LogP contribution in [0, 0.1) is 17.0 Å². The van der Waals surface area contributed by atoms with Crippen LogP contribution in [0.2, 0.25) is 0 Å². The highest BCUT2D eigenvalue weighted by Gasteiger charge is 2.31. The molecule has 0 saturated carbocycles. The number of nitrogens with two attached hydrogens (primary N) is 1. The minimum absolute atomic E-state index is 0.186. The van der Waals surface area contributed by atoms with Crippen LogP contribution >= 0.6 is 0 Å². The Labute approximate surface area is 725 Å². The third kappa shape index (κ3) is 12.2. The maximum Gasteiger partial charge on any atom is 0.273 e. The fourth-order valence-corrected chi connectivity index (χ4v) is 20.4. The van der Waals surface area contributed by atoms with E-state index in [-0.39, 0.29) is 10.6 Å². The number of hydrogen-bond acceptors (Lipinski definition) is 11. The molecule has 0 atom stereocenters. The van der Waals surface area contributed by atoms with E-state index in [4.69, 9.17) is 34.9 Å². The second-order valence-electron chi connectivity index (χ2n) is 32.2. The van der Waals surface area contributed by atoms with E-state index in [1.165, 1.54) is 137 Å². The molecule has 2 aliphatic carbocycles. The van der Waals surface area contributed by atoms with Crippen LogP contribution in [0.25, 0.3) is 175 Å². The summed E-state index contributed by atoms with van der Waals surface area (Å²) in [4.78, 5) is 29.8. The number of fused-ring (bicyclic) bond motifs is 20. The number of benzene rings is 16. The lowest BCUT2D eigenvalue weighted by atomic mass is 9.85. The van der Waals surface area contributed by atoms with Crippen LogP contribution in [0.15, 0.2) is 297 Å². The molecule has 614 valence electrons. The van der Waals surface area contributed by atoms with Gasteiger partial charge in [-0.3, -0.25) is 27.7 Å². The Hall–Kier alpha value is -15.7. The van der Waals surface area contributed by atoms with Crippen molar-refractivity contribution >= 4 is 142 Å². The van der Waals surface area contributed by atoms with Gasteiger partial charge in [-0.1, -0.05) is 240 Å². The van der Waals surface area contributed by atoms with Crippen molar-refractivity contribution in [3.05, 3.63) is 358 Å². The molecule has 8 aromatic heterocycles. The van der Waals surface area contributed by atoms with Crippen LogP contribution in [-0.2, 0) is 38.5 Å². The summed E-state index contributed by atoms with van der Waals surface area (Å²) in [6.45, 7) is 10.8. The van der Waals surface area contributed by atoms with Crippen molar-refractivity contribution in [2.75, 3.05) is 27.1 Å². The average Bonchev–Trinajstić information content (AvgIpc) is 0.906. The number of aromatic nitrogens is 8. The van der Waals surface area contributed by atoms with Crippen LogP contribution in [0.3, 0.4) is 0 Å². The molecule has 0 radical (unpaired) electrons. The van der Waals surface area contributed by atoms with Crippen molar-refractivity contribution in [2.45, 2.75) is 73.1 Å². The summed E-state index contributed by atoms with van der Waals surface area (Å²) in [5.41, 5.74) is 36.0. The van der Waals surface area contributed by atoms with Gasteiger partial charge in [-0.15, -0.1) is 0 Å². The highest BCUT2D eigenvalue weighted by atomic mass is 16.6. The molecular formula is C110H88N10O6. The lowest BCUT2D eigenvalue weighted by Crippen LogP contribution is -1.93. The summed E-state index contributed by atoms with van der Waals surface area (Å²) in [5, 5.41) is 36.0. The number of phenolic OH excluding ortho intramolecular Hbond substituents is 1. The minimum Gasteiger partial charge on any atom is -0.507 e. The molecule has 16 nitrogen and oxygen atoms in total. The zero-order chi connectivity index (χ0) is 85.9. The monoisotopic (exact) mass is 1640 g/mol. The quantitative estimate of drug-likeness (QED) is 0.0574. The number of rotatable bonds is 10. The number of nitrogens with zero attached hydrogens (tertiary/aromatic N) is 9. The highest BCUT2D eigenvalue weighted by Crippen LogP contribution is 2.51. The molecule has 16 aromatic carbocycles. The molecule has 0 spiro atoms. The van der Waals surface area contributed by atoms with Crippen molar-refractivity contribution in [3.8, 4) is 67.5 Å². The van der Waals surface area contributed by atoms with E-state index in [1.54, 1.807) is 39.5 Å². The van der Waals surface area contributed by atoms with Crippen molar-refractivity contribution in [1.82, 2.24) is 37.5 Å². The molecule has 0 amide bonds. The largest absolute Gasteiger partial charge is 0.507 e. The molecule has 16 heteroatoms. The van der Waals surface area contributed by atoms with Crippen molar-refractivity contribution in [3.63, 3.8) is 0 Å². The highest BCUT2D eigenvalue weighted by molar-refractivity contribution is 6.28. The Morgan fingerprint density at radius 3 is 1.20 bits per heavy atom. The maximum absolute atomic E-state index is 11.0. The zero-order valence-electron chi connectivity index (χ0n) is 71.1. The van der Waals surface area contributed by atoms with E-state index in [2.05, 4.69) is 245 Å². The van der Waals surface area contributed by atoms with Gasteiger partial charge in [0, 0.05) is 105 Å². The Morgan fingerprint density at radius 1 is 0.349 bits per heavy atom. The second kappa shape index (κ2) is 31.3. The van der Waals surface area contributed by atoms with Gasteiger partial charge in [0.25, 0.3) is 5.69 Å². The fraction of sp³-hybridized carbons (Fsp3) is 0.127. The number of nitro groups is 1. The lowest BCUT2D eigenvalue weighted by molar-refractivity contribution is -0.385. The van der Waals surface area contributed by atoms with Crippen molar-refractivity contribution in [1.29, 1.82) is 0 Å². The lowest BCUT2D eigenvalue weighted by Gasteiger charge is -2.18. The predicted molar refractivity (Wildman–Crippen MR) is 515 cm³/mol. The maximum atomic E-state index is 11.0. The molecule has 0 bridgehead atoms. The molecule has 8 heterocycles. The first-order chi connectivity index (χ1) is 61.8. The first-order valence-electron chi connectivity index (χ1n) is 43.1. The summed E-state index contributed by atoms with van der Waals surface area (Å²) in [6.07, 6.45) is 5.17. The number of aryl methyl sites for hydroxylation is 5. The molecule has 0 fully saturated rings. The van der Waals surface area contributed by atoms with Gasteiger partial charge in [0.15, 0.2) is 0 Å². The number of para-hydroxylation sites is 4.